The Morgan fingerprint density at radius 2 is 2.22 bits per heavy atom. The molecule has 2 aromatic rings. The highest BCUT2D eigenvalue weighted by Crippen LogP contribution is 2.14. The summed E-state index contributed by atoms with van der Waals surface area (Å²) in [5.74, 6) is -0.00556. The van der Waals surface area contributed by atoms with Crippen molar-refractivity contribution in [2.24, 2.45) is 0 Å². The van der Waals surface area contributed by atoms with Crippen LogP contribution in [0, 0.1) is 20.8 Å². The first-order valence-electron chi connectivity index (χ1n) is 5.87. The average Bonchev–Trinajstić information content (AvgIpc) is 2.83. The van der Waals surface area contributed by atoms with Crippen LogP contribution in [0.3, 0.4) is 0 Å². The molecule has 0 unspecified atom stereocenters. The van der Waals surface area contributed by atoms with Crippen molar-refractivity contribution >= 4 is 17.2 Å². The topological polar surface area (TPSA) is 46.9 Å². The quantitative estimate of drug-likeness (QED) is 0.919. The fourth-order valence-corrected chi connectivity index (χ4v) is 2.64. The van der Waals surface area contributed by atoms with Crippen molar-refractivity contribution in [1.82, 2.24) is 15.1 Å². The SMILES string of the molecule is Cc1cc(C)n(CC(=O)NCc2sccc2C)n1. The average molecular weight is 263 g/mol. The lowest BCUT2D eigenvalue weighted by Gasteiger charge is -2.06. The lowest BCUT2D eigenvalue weighted by Crippen LogP contribution is -2.27. The largest absolute Gasteiger partial charge is 0.350 e. The van der Waals surface area contributed by atoms with Gasteiger partial charge in [-0.05, 0) is 43.8 Å². The Hall–Kier alpha value is -1.62. The maximum absolute atomic E-state index is 11.8. The van der Waals surface area contributed by atoms with E-state index in [0.717, 1.165) is 11.4 Å². The van der Waals surface area contributed by atoms with Crippen LogP contribution in [0.4, 0.5) is 0 Å². The van der Waals surface area contributed by atoms with Crippen LogP contribution in [0.2, 0.25) is 0 Å². The Balaban J connectivity index is 1.90. The minimum atomic E-state index is -0.00556. The normalized spacial score (nSPS) is 10.6. The number of nitrogens with one attached hydrogen (secondary N) is 1. The molecule has 2 heterocycles. The van der Waals surface area contributed by atoms with Crippen molar-refractivity contribution in [2.45, 2.75) is 33.9 Å². The maximum atomic E-state index is 11.8. The van der Waals surface area contributed by atoms with Crippen molar-refractivity contribution in [2.75, 3.05) is 0 Å². The summed E-state index contributed by atoms with van der Waals surface area (Å²) in [6.45, 7) is 6.82. The molecule has 1 amide bonds. The molecule has 0 aliphatic rings. The summed E-state index contributed by atoms with van der Waals surface area (Å²) >= 11 is 1.67. The molecule has 5 heteroatoms. The summed E-state index contributed by atoms with van der Waals surface area (Å²) in [5.41, 5.74) is 3.18. The number of aromatic nitrogens is 2. The molecule has 2 rings (SSSR count). The highest BCUT2D eigenvalue weighted by atomic mass is 32.1. The van der Waals surface area contributed by atoms with E-state index in [4.69, 9.17) is 0 Å². The van der Waals surface area contributed by atoms with E-state index >= 15 is 0 Å². The van der Waals surface area contributed by atoms with Gasteiger partial charge in [0.15, 0.2) is 0 Å². The molecule has 18 heavy (non-hydrogen) atoms. The number of thiophene rings is 1. The van der Waals surface area contributed by atoms with E-state index in [-0.39, 0.29) is 12.5 Å². The van der Waals surface area contributed by atoms with Crippen LogP contribution in [0.15, 0.2) is 17.5 Å². The number of carbonyl (C=O) groups excluding carboxylic acids is 1. The predicted molar refractivity (Wildman–Crippen MR) is 72.6 cm³/mol. The zero-order valence-corrected chi connectivity index (χ0v) is 11.7. The van der Waals surface area contributed by atoms with Gasteiger partial charge in [0.25, 0.3) is 0 Å². The summed E-state index contributed by atoms with van der Waals surface area (Å²) in [5, 5.41) is 9.23. The molecular formula is C13H17N3OS. The number of carbonyl (C=O) groups is 1. The second kappa shape index (κ2) is 5.35. The van der Waals surface area contributed by atoms with E-state index in [9.17, 15) is 4.79 Å². The summed E-state index contributed by atoms with van der Waals surface area (Å²) < 4.78 is 1.73. The molecule has 0 saturated carbocycles. The van der Waals surface area contributed by atoms with Gasteiger partial charge in [0.2, 0.25) is 5.91 Å². The van der Waals surface area contributed by atoms with Gasteiger partial charge in [-0.3, -0.25) is 9.48 Å². The Labute approximate surface area is 111 Å². The maximum Gasteiger partial charge on any atom is 0.242 e. The van der Waals surface area contributed by atoms with E-state index in [0.29, 0.717) is 6.54 Å². The number of rotatable bonds is 4. The molecule has 0 saturated heterocycles. The number of hydrogen-bond acceptors (Lipinski definition) is 3. The first-order chi connectivity index (χ1) is 8.56. The number of hydrogen-bond donors (Lipinski definition) is 1. The van der Waals surface area contributed by atoms with Crippen LogP contribution in [-0.4, -0.2) is 15.7 Å². The third-order valence-corrected chi connectivity index (χ3v) is 3.83. The van der Waals surface area contributed by atoms with E-state index < -0.39 is 0 Å². The van der Waals surface area contributed by atoms with E-state index in [2.05, 4.69) is 23.4 Å². The Kier molecular flexibility index (Phi) is 3.81. The van der Waals surface area contributed by atoms with Crippen molar-refractivity contribution in [3.8, 4) is 0 Å². The Bertz CT molecular complexity index is 556. The van der Waals surface area contributed by atoms with E-state index in [1.807, 2.05) is 25.3 Å². The van der Waals surface area contributed by atoms with Crippen LogP contribution in [0.5, 0.6) is 0 Å². The van der Waals surface area contributed by atoms with Crippen LogP contribution >= 0.6 is 11.3 Å². The molecule has 0 aliphatic heterocycles. The zero-order valence-electron chi connectivity index (χ0n) is 10.9. The number of nitrogens with zero attached hydrogens (tertiary/aromatic N) is 2. The summed E-state index contributed by atoms with van der Waals surface area (Å²) in [6.07, 6.45) is 0. The lowest BCUT2D eigenvalue weighted by atomic mass is 10.3. The van der Waals surface area contributed by atoms with Crippen molar-refractivity contribution in [1.29, 1.82) is 0 Å². The van der Waals surface area contributed by atoms with Crippen LogP contribution in [0.1, 0.15) is 21.8 Å². The van der Waals surface area contributed by atoms with Gasteiger partial charge < -0.3 is 5.32 Å². The molecule has 0 radical (unpaired) electrons. The minimum Gasteiger partial charge on any atom is -0.350 e. The standard InChI is InChI=1S/C13H17N3OS/c1-9-4-5-18-12(9)7-14-13(17)8-16-11(3)6-10(2)15-16/h4-6H,7-8H2,1-3H3,(H,14,17). The third kappa shape index (κ3) is 2.98. The molecule has 0 aliphatic carbocycles. The molecule has 2 aromatic heterocycles. The number of aryl methyl sites for hydroxylation is 3. The van der Waals surface area contributed by atoms with Crippen molar-refractivity contribution < 1.29 is 4.79 Å². The first kappa shape index (κ1) is 12.8. The van der Waals surface area contributed by atoms with Gasteiger partial charge in [0.05, 0.1) is 12.2 Å². The van der Waals surface area contributed by atoms with Gasteiger partial charge in [0.1, 0.15) is 6.54 Å². The fourth-order valence-electron chi connectivity index (χ4n) is 1.79. The first-order valence-corrected chi connectivity index (χ1v) is 6.75. The molecular weight excluding hydrogens is 246 g/mol. The number of amides is 1. The van der Waals surface area contributed by atoms with Crippen molar-refractivity contribution in [3.05, 3.63) is 39.3 Å². The smallest absolute Gasteiger partial charge is 0.242 e. The van der Waals surface area contributed by atoms with Gasteiger partial charge in [-0.25, -0.2) is 0 Å². The van der Waals surface area contributed by atoms with Crippen molar-refractivity contribution in [3.63, 3.8) is 0 Å². The monoisotopic (exact) mass is 263 g/mol. The Morgan fingerprint density at radius 1 is 1.44 bits per heavy atom. The molecule has 1 N–H and O–H groups in total. The van der Waals surface area contributed by atoms with Crippen LogP contribution in [-0.2, 0) is 17.9 Å². The van der Waals surface area contributed by atoms with Crippen LogP contribution < -0.4 is 5.32 Å². The minimum absolute atomic E-state index is 0.00556. The summed E-state index contributed by atoms with van der Waals surface area (Å²) in [6, 6.07) is 4.03. The zero-order chi connectivity index (χ0) is 13.1. The van der Waals surface area contributed by atoms with E-state index in [1.54, 1.807) is 16.0 Å². The molecule has 0 fully saturated rings. The predicted octanol–water partition coefficient (Wildman–Crippen LogP) is 2.19. The molecule has 96 valence electrons. The second-order valence-corrected chi connectivity index (χ2v) is 5.39. The third-order valence-electron chi connectivity index (χ3n) is 2.81. The summed E-state index contributed by atoms with van der Waals surface area (Å²) in [4.78, 5) is 13.0. The highest BCUT2D eigenvalue weighted by Gasteiger charge is 2.07. The fraction of sp³-hybridized carbons (Fsp3) is 0.385. The molecule has 0 bridgehead atoms. The molecule has 0 atom stereocenters. The highest BCUT2D eigenvalue weighted by molar-refractivity contribution is 7.10. The lowest BCUT2D eigenvalue weighted by molar-refractivity contribution is -0.122. The van der Waals surface area contributed by atoms with E-state index in [1.165, 1.54) is 10.4 Å². The Morgan fingerprint density at radius 3 is 2.78 bits per heavy atom. The van der Waals surface area contributed by atoms with Gasteiger partial charge in [0, 0.05) is 10.6 Å². The molecule has 0 spiro atoms. The summed E-state index contributed by atoms with van der Waals surface area (Å²) in [7, 11) is 0. The van der Waals surface area contributed by atoms with Gasteiger partial charge in [-0.15, -0.1) is 11.3 Å². The van der Waals surface area contributed by atoms with Gasteiger partial charge >= 0.3 is 0 Å². The van der Waals surface area contributed by atoms with Gasteiger partial charge in [-0.2, -0.15) is 5.10 Å². The van der Waals surface area contributed by atoms with Crippen LogP contribution in [0.25, 0.3) is 0 Å². The second-order valence-electron chi connectivity index (χ2n) is 4.39. The molecule has 0 aromatic carbocycles. The molecule has 4 nitrogen and oxygen atoms in total. The van der Waals surface area contributed by atoms with Gasteiger partial charge in [-0.1, -0.05) is 0 Å².